The van der Waals surface area contributed by atoms with E-state index in [1.165, 1.54) is 16.2 Å². The maximum atomic E-state index is 13.2. The van der Waals surface area contributed by atoms with Crippen molar-refractivity contribution in [3.05, 3.63) is 50.6 Å². The molecule has 0 saturated heterocycles. The van der Waals surface area contributed by atoms with Gasteiger partial charge in [0.05, 0.1) is 48.3 Å². The van der Waals surface area contributed by atoms with E-state index in [9.17, 15) is 14.7 Å². The van der Waals surface area contributed by atoms with Crippen LogP contribution in [0.3, 0.4) is 0 Å². The smallest absolute Gasteiger partial charge is 0.290 e. The molecule has 1 aliphatic rings. The Morgan fingerprint density at radius 2 is 2.04 bits per heavy atom. The van der Waals surface area contributed by atoms with E-state index in [2.05, 4.69) is 4.98 Å². The maximum absolute atomic E-state index is 13.2. The van der Waals surface area contributed by atoms with Crippen LogP contribution in [0.15, 0.2) is 27.9 Å². The van der Waals surface area contributed by atoms with Gasteiger partial charge in [0.15, 0.2) is 5.76 Å². The molecule has 0 saturated carbocycles. The number of hydrogen-bond donors (Lipinski definition) is 2. The lowest BCUT2D eigenvalue weighted by atomic mass is 9.99. The fraction of sp³-hybridized carbons (Fsp3) is 0.421. The van der Waals surface area contributed by atoms with Gasteiger partial charge in [-0.3, -0.25) is 9.59 Å². The molecule has 0 unspecified atom stereocenters. The quantitative estimate of drug-likeness (QED) is 0.728. The first-order valence-corrected chi connectivity index (χ1v) is 9.60. The van der Waals surface area contributed by atoms with Gasteiger partial charge in [0.25, 0.3) is 5.91 Å². The van der Waals surface area contributed by atoms with Gasteiger partial charge < -0.3 is 19.3 Å². The van der Waals surface area contributed by atoms with Crippen molar-refractivity contribution in [2.24, 2.45) is 0 Å². The van der Waals surface area contributed by atoms with Crippen LogP contribution in [0.1, 0.15) is 37.9 Å². The van der Waals surface area contributed by atoms with Crippen LogP contribution in [0.25, 0.3) is 0 Å². The number of furan rings is 1. The minimum atomic E-state index is -0.736. The first-order chi connectivity index (χ1) is 12.7. The van der Waals surface area contributed by atoms with Gasteiger partial charge in [-0.2, -0.15) is 0 Å². The lowest BCUT2D eigenvalue weighted by Gasteiger charge is -2.25. The number of Topliss-reactive ketones (excluding diaryl/α,β-unsaturated/α-hetero) is 1. The number of ketones is 1. The number of amides is 1. The number of hydrogen-bond acceptors (Lipinski definition) is 6. The molecule has 0 radical (unpaired) electrons. The molecule has 3 rings (SSSR count). The number of nitrogens with zero attached hydrogens (tertiary/aromatic N) is 2. The predicted octanol–water partition coefficient (Wildman–Crippen LogP) is 1.38. The number of carbonyl (C=O) groups is 2. The van der Waals surface area contributed by atoms with Crippen LogP contribution >= 0.6 is 11.3 Å². The summed E-state index contributed by atoms with van der Waals surface area (Å²) in [6.07, 6.45) is 0. The molecule has 2 aromatic heterocycles. The minimum absolute atomic E-state index is 0.0647. The topological polar surface area (TPSA) is 88.1 Å². The van der Waals surface area contributed by atoms with Gasteiger partial charge >= 0.3 is 0 Å². The van der Waals surface area contributed by atoms with Crippen LogP contribution in [0, 0.1) is 20.8 Å². The van der Waals surface area contributed by atoms with E-state index < -0.39 is 17.7 Å². The fourth-order valence-electron chi connectivity index (χ4n) is 3.22. The number of aryl methyl sites for hydroxylation is 3. The summed E-state index contributed by atoms with van der Waals surface area (Å²) < 4.78 is 5.74. The van der Waals surface area contributed by atoms with Crippen molar-refractivity contribution < 1.29 is 24.0 Å². The average Bonchev–Trinajstić information content (AvgIpc) is 3.23. The van der Waals surface area contributed by atoms with Crippen molar-refractivity contribution in [2.45, 2.75) is 26.8 Å². The van der Waals surface area contributed by atoms with E-state index in [0.717, 1.165) is 9.91 Å². The molecule has 0 aromatic carbocycles. The third kappa shape index (κ3) is 3.54. The number of carbonyl (C=O) groups excluding carboxylic acids is 2. The molecule has 0 fully saturated rings. The van der Waals surface area contributed by atoms with E-state index in [4.69, 9.17) is 4.42 Å². The highest BCUT2D eigenvalue weighted by Crippen LogP contribution is 2.40. The Kier molecular flexibility index (Phi) is 5.21. The molecule has 144 valence electrons. The van der Waals surface area contributed by atoms with Gasteiger partial charge in [0.1, 0.15) is 17.6 Å². The highest BCUT2D eigenvalue weighted by molar-refractivity contribution is 7.14. The van der Waals surface area contributed by atoms with Crippen LogP contribution in [0.4, 0.5) is 0 Å². The Morgan fingerprint density at radius 1 is 1.33 bits per heavy atom. The SMILES string of the molecule is Cc1ccc([C@H]2C(C(=O)c3sc(C)nc3C)=C(O)C(=O)N2CC[NH+](C)C)o1. The summed E-state index contributed by atoms with van der Waals surface area (Å²) in [5.74, 6) is -0.266. The molecule has 1 aliphatic heterocycles. The molecule has 7 nitrogen and oxygen atoms in total. The fourth-order valence-corrected chi connectivity index (χ4v) is 4.09. The van der Waals surface area contributed by atoms with Gasteiger partial charge in [-0.15, -0.1) is 11.3 Å². The molecule has 0 spiro atoms. The number of nitrogens with one attached hydrogen (secondary N) is 1. The number of aromatic nitrogens is 1. The Morgan fingerprint density at radius 3 is 2.56 bits per heavy atom. The average molecular weight is 390 g/mol. The molecule has 2 aromatic rings. The summed E-state index contributed by atoms with van der Waals surface area (Å²) in [5, 5.41) is 11.3. The van der Waals surface area contributed by atoms with Crippen LogP contribution in [-0.4, -0.2) is 53.9 Å². The highest BCUT2D eigenvalue weighted by atomic mass is 32.1. The summed E-state index contributed by atoms with van der Waals surface area (Å²) >= 11 is 1.26. The monoisotopic (exact) mass is 390 g/mol. The molecule has 27 heavy (non-hydrogen) atoms. The Labute approximate surface area is 161 Å². The van der Waals surface area contributed by atoms with E-state index >= 15 is 0 Å². The third-order valence-electron chi connectivity index (χ3n) is 4.54. The zero-order valence-electron chi connectivity index (χ0n) is 16.1. The zero-order chi connectivity index (χ0) is 19.9. The van der Waals surface area contributed by atoms with Crippen molar-refractivity contribution in [1.29, 1.82) is 0 Å². The second-order valence-electron chi connectivity index (χ2n) is 7.05. The molecule has 1 atom stereocenters. The van der Waals surface area contributed by atoms with Gasteiger partial charge in [0, 0.05) is 0 Å². The number of thiazole rings is 1. The first-order valence-electron chi connectivity index (χ1n) is 8.79. The largest absolute Gasteiger partial charge is 0.503 e. The van der Waals surface area contributed by atoms with Crippen LogP contribution in [0.2, 0.25) is 0 Å². The van der Waals surface area contributed by atoms with Gasteiger partial charge in [-0.25, -0.2) is 4.98 Å². The van der Waals surface area contributed by atoms with Crippen molar-refractivity contribution in [3.63, 3.8) is 0 Å². The first kappa shape index (κ1) is 19.3. The van der Waals surface area contributed by atoms with Crippen molar-refractivity contribution >= 4 is 23.0 Å². The minimum Gasteiger partial charge on any atom is -0.503 e. The van der Waals surface area contributed by atoms with E-state index in [1.807, 2.05) is 21.0 Å². The van der Waals surface area contributed by atoms with Crippen LogP contribution < -0.4 is 4.90 Å². The van der Waals surface area contributed by atoms with Crippen molar-refractivity contribution in [3.8, 4) is 0 Å². The second kappa shape index (κ2) is 7.28. The lowest BCUT2D eigenvalue weighted by molar-refractivity contribution is -0.857. The number of aliphatic hydroxyl groups excluding tert-OH is 1. The number of quaternary nitrogens is 1. The van der Waals surface area contributed by atoms with Gasteiger partial charge in [-0.05, 0) is 32.9 Å². The Balaban J connectivity index is 2.07. The number of aliphatic hydroxyl groups is 1. The third-order valence-corrected chi connectivity index (χ3v) is 5.61. The molecule has 1 amide bonds. The lowest BCUT2D eigenvalue weighted by Crippen LogP contribution is -3.06. The molecule has 3 heterocycles. The summed E-state index contributed by atoms with van der Waals surface area (Å²) in [5.41, 5.74) is 0.663. The van der Waals surface area contributed by atoms with Crippen LogP contribution in [0.5, 0.6) is 0 Å². The molecular weight excluding hydrogens is 366 g/mol. The van der Waals surface area contributed by atoms with Gasteiger partial charge in [0.2, 0.25) is 5.78 Å². The number of rotatable bonds is 6. The molecular formula is C19H24N3O4S+. The second-order valence-corrected chi connectivity index (χ2v) is 8.25. The molecule has 0 bridgehead atoms. The summed E-state index contributed by atoms with van der Waals surface area (Å²) in [6, 6.07) is 2.80. The van der Waals surface area contributed by atoms with E-state index in [-0.39, 0.29) is 11.4 Å². The highest BCUT2D eigenvalue weighted by Gasteiger charge is 2.46. The molecule has 8 heteroatoms. The van der Waals surface area contributed by atoms with E-state index in [1.54, 1.807) is 26.0 Å². The normalized spacial score (nSPS) is 17.5. The van der Waals surface area contributed by atoms with Gasteiger partial charge in [-0.1, -0.05) is 0 Å². The van der Waals surface area contributed by atoms with Crippen LogP contribution in [-0.2, 0) is 4.79 Å². The number of likely N-dealkylation sites (N-methyl/N-ethyl adjacent to an activating group) is 1. The summed E-state index contributed by atoms with van der Waals surface area (Å²) in [4.78, 5) is 33.4. The predicted molar refractivity (Wildman–Crippen MR) is 101 cm³/mol. The summed E-state index contributed by atoms with van der Waals surface area (Å²) in [6.45, 7) is 6.45. The summed E-state index contributed by atoms with van der Waals surface area (Å²) in [7, 11) is 3.96. The standard InChI is InChI=1S/C19H23N3O4S/c1-10-6-7-13(26-10)15-14(16(23)18-11(2)20-12(3)27-18)17(24)19(25)22(15)9-8-21(4)5/h6-7,15,24H,8-9H2,1-5H3/p+1/t15-/m0/s1. The Hall–Kier alpha value is -2.45. The molecule has 0 aliphatic carbocycles. The Bertz CT molecular complexity index is 925. The maximum Gasteiger partial charge on any atom is 0.290 e. The molecule has 2 N–H and O–H groups in total. The zero-order valence-corrected chi connectivity index (χ0v) is 16.9. The van der Waals surface area contributed by atoms with E-state index in [0.29, 0.717) is 35.2 Å². The van der Waals surface area contributed by atoms with Crippen molar-refractivity contribution in [2.75, 3.05) is 27.2 Å². The van der Waals surface area contributed by atoms with Crippen molar-refractivity contribution in [1.82, 2.24) is 9.88 Å².